The monoisotopic (exact) mass is 284 g/mol. The molecule has 0 radical (unpaired) electrons. The molecule has 0 heterocycles. The van der Waals surface area contributed by atoms with Gasteiger partial charge in [0.05, 0.1) is 18.2 Å². The van der Waals surface area contributed by atoms with Crippen LogP contribution in [0.25, 0.3) is 0 Å². The summed E-state index contributed by atoms with van der Waals surface area (Å²) in [4.78, 5) is 0. The maximum Gasteiger partial charge on any atom is 0.0969 e. The highest BCUT2D eigenvalue weighted by Crippen LogP contribution is 2.27. The predicted octanol–water partition coefficient (Wildman–Crippen LogP) is 5.37. The molecule has 0 saturated heterocycles. The largest absolute Gasteiger partial charge is 0.391 e. The van der Waals surface area contributed by atoms with E-state index in [2.05, 4.69) is 17.2 Å². The molecule has 1 N–H and O–H groups in total. The van der Waals surface area contributed by atoms with Gasteiger partial charge in [-0.2, -0.15) is 10.2 Å². The Bertz CT molecular complexity index is 237. The Balaban J connectivity index is 0.000000829. The maximum atomic E-state index is 9.86. The van der Waals surface area contributed by atoms with Crippen molar-refractivity contribution >= 4 is 0 Å². The van der Waals surface area contributed by atoms with Gasteiger partial charge in [0, 0.05) is 0 Å². The number of aliphatic hydroxyl groups excluding tert-OH is 1. The first-order valence-corrected chi connectivity index (χ1v) is 8.83. The highest BCUT2D eigenvalue weighted by molar-refractivity contribution is 4.83. The van der Waals surface area contributed by atoms with E-state index in [1.165, 1.54) is 32.1 Å². The molecule has 120 valence electrons. The van der Waals surface area contributed by atoms with Gasteiger partial charge in [0.1, 0.15) is 0 Å². The summed E-state index contributed by atoms with van der Waals surface area (Å²) in [6.45, 7) is 10.2. The van der Waals surface area contributed by atoms with Crippen LogP contribution in [0.2, 0.25) is 0 Å². The minimum Gasteiger partial charge on any atom is -0.391 e. The van der Waals surface area contributed by atoms with Gasteiger partial charge in [-0.15, -0.1) is 0 Å². The van der Waals surface area contributed by atoms with Gasteiger partial charge in [0.15, 0.2) is 0 Å². The van der Waals surface area contributed by atoms with Crippen LogP contribution in [0.3, 0.4) is 0 Å². The van der Waals surface area contributed by atoms with Crippen molar-refractivity contribution in [2.45, 2.75) is 104 Å². The molecular formula is C17H36N2O. The highest BCUT2D eigenvalue weighted by atomic mass is 16.3. The lowest BCUT2D eigenvalue weighted by atomic mass is 9.85. The Morgan fingerprint density at radius 3 is 2.00 bits per heavy atom. The second-order valence-electron chi connectivity index (χ2n) is 5.58. The van der Waals surface area contributed by atoms with Crippen LogP contribution in [0, 0.1) is 5.92 Å². The second kappa shape index (κ2) is 12.3. The van der Waals surface area contributed by atoms with Gasteiger partial charge in [-0.05, 0) is 38.0 Å². The lowest BCUT2D eigenvalue weighted by Crippen LogP contribution is -2.31. The van der Waals surface area contributed by atoms with E-state index in [0.29, 0.717) is 12.0 Å². The molecule has 2 rings (SSSR count). The molecule has 2 fully saturated rings. The molecule has 0 aromatic rings. The predicted molar refractivity (Wildman–Crippen MR) is 87.2 cm³/mol. The molecule has 0 bridgehead atoms. The SMILES string of the molecule is CC.CC.CC1CCC(O)C(N=NC2CCCCC2)C1. The first kappa shape index (κ1) is 19.6. The number of rotatable bonds is 2. The summed E-state index contributed by atoms with van der Waals surface area (Å²) in [7, 11) is 0. The summed E-state index contributed by atoms with van der Waals surface area (Å²) >= 11 is 0. The Morgan fingerprint density at radius 1 is 0.800 bits per heavy atom. The fourth-order valence-corrected chi connectivity index (χ4v) is 2.84. The average Bonchev–Trinajstić information content (AvgIpc) is 2.53. The first-order chi connectivity index (χ1) is 9.75. The topological polar surface area (TPSA) is 45.0 Å². The normalized spacial score (nSPS) is 31.0. The standard InChI is InChI=1S/C13H24N2O.2C2H6/c1-10-7-8-13(16)12(9-10)15-14-11-5-3-2-4-6-11;2*1-2/h10-13,16H,2-9H2,1H3;2*1-2H3. The molecule has 2 aliphatic carbocycles. The van der Waals surface area contributed by atoms with Crippen LogP contribution in [-0.4, -0.2) is 23.3 Å². The minimum atomic E-state index is -0.247. The molecule has 0 spiro atoms. The molecule has 3 atom stereocenters. The van der Waals surface area contributed by atoms with Crippen molar-refractivity contribution in [1.82, 2.24) is 0 Å². The van der Waals surface area contributed by atoms with E-state index in [1.807, 2.05) is 27.7 Å². The van der Waals surface area contributed by atoms with Gasteiger partial charge in [-0.25, -0.2) is 0 Å². The summed E-state index contributed by atoms with van der Waals surface area (Å²) in [5.41, 5.74) is 0. The van der Waals surface area contributed by atoms with Crippen molar-refractivity contribution in [1.29, 1.82) is 0 Å². The number of hydrogen-bond acceptors (Lipinski definition) is 3. The molecule has 3 heteroatoms. The van der Waals surface area contributed by atoms with Crippen molar-refractivity contribution < 1.29 is 5.11 Å². The van der Waals surface area contributed by atoms with Gasteiger partial charge in [-0.3, -0.25) is 0 Å². The van der Waals surface area contributed by atoms with Crippen molar-refractivity contribution in [3.63, 3.8) is 0 Å². The van der Waals surface area contributed by atoms with Gasteiger partial charge in [0.2, 0.25) is 0 Å². The molecule has 20 heavy (non-hydrogen) atoms. The van der Waals surface area contributed by atoms with E-state index in [4.69, 9.17) is 0 Å². The summed E-state index contributed by atoms with van der Waals surface area (Å²) in [5.74, 6) is 0.693. The lowest BCUT2D eigenvalue weighted by molar-refractivity contribution is 0.0875. The van der Waals surface area contributed by atoms with Gasteiger partial charge >= 0.3 is 0 Å². The second-order valence-corrected chi connectivity index (χ2v) is 5.58. The first-order valence-electron chi connectivity index (χ1n) is 8.83. The summed E-state index contributed by atoms with van der Waals surface area (Å²) < 4.78 is 0. The number of nitrogens with zero attached hydrogens (tertiary/aromatic N) is 2. The fraction of sp³-hybridized carbons (Fsp3) is 1.00. The molecule has 0 aromatic heterocycles. The molecule has 2 saturated carbocycles. The van der Waals surface area contributed by atoms with Crippen molar-refractivity contribution in [2.75, 3.05) is 0 Å². The van der Waals surface area contributed by atoms with E-state index in [-0.39, 0.29) is 12.1 Å². The zero-order valence-electron chi connectivity index (χ0n) is 14.3. The lowest BCUT2D eigenvalue weighted by Gasteiger charge is -2.28. The number of aliphatic hydroxyl groups is 1. The molecule has 0 aliphatic heterocycles. The Morgan fingerprint density at radius 2 is 1.40 bits per heavy atom. The van der Waals surface area contributed by atoms with Gasteiger partial charge in [0.25, 0.3) is 0 Å². The number of hydrogen-bond donors (Lipinski definition) is 1. The van der Waals surface area contributed by atoms with Crippen molar-refractivity contribution in [3.05, 3.63) is 0 Å². The molecule has 2 aliphatic rings. The molecule has 3 unspecified atom stereocenters. The third-order valence-electron chi connectivity index (χ3n) is 4.00. The molecular weight excluding hydrogens is 248 g/mol. The van der Waals surface area contributed by atoms with E-state index in [9.17, 15) is 5.11 Å². The van der Waals surface area contributed by atoms with E-state index in [1.54, 1.807) is 0 Å². The zero-order chi connectivity index (χ0) is 15.4. The quantitative estimate of drug-likeness (QED) is 0.680. The van der Waals surface area contributed by atoms with Crippen molar-refractivity contribution in [2.24, 2.45) is 16.1 Å². The third kappa shape index (κ3) is 7.37. The van der Waals surface area contributed by atoms with Crippen LogP contribution in [-0.2, 0) is 0 Å². The van der Waals surface area contributed by atoms with Crippen LogP contribution in [0.4, 0.5) is 0 Å². The van der Waals surface area contributed by atoms with Crippen LogP contribution < -0.4 is 0 Å². The molecule has 0 aromatic carbocycles. The number of azo groups is 1. The summed E-state index contributed by atoms with van der Waals surface area (Å²) in [6, 6.07) is 0.517. The van der Waals surface area contributed by atoms with Crippen LogP contribution in [0.15, 0.2) is 10.2 Å². The van der Waals surface area contributed by atoms with Crippen LogP contribution >= 0.6 is 0 Å². The summed E-state index contributed by atoms with van der Waals surface area (Å²) in [5, 5.41) is 18.7. The van der Waals surface area contributed by atoms with E-state index in [0.717, 1.165) is 19.3 Å². The van der Waals surface area contributed by atoms with Gasteiger partial charge < -0.3 is 5.11 Å². The smallest absolute Gasteiger partial charge is 0.0969 e. The van der Waals surface area contributed by atoms with Gasteiger partial charge in [-0.1, -0.05) is 53.9 Å². The maximum absolute atomic E-state index is 9.86. The van der Waals surface area contributed by atoms with E-state index >= 15 is 0 Å². The summed E-state index contributed by atoms with van der Waals surface area (Å²) in [6.07, 6.45) is 9.15. The Labute approximate surface area is 126 Å². The third-order valence-corrected chi connectivity index (χ3v) is 4.00. The van der Waals surface area contributed by atoms with Crippen LogP contribution in [0.5, 0.6) is 0 Å². The van der Waals surface area contributed by atoms with E-state index < -0.39 is 0 Å². The van der Waals surface area contributed by atoms with Crippen molar-refractivity contribution in [3.8, 4) is 0 Å². The minimum absolute atomic E-state index is 0.0747. The Hall–Kier alpha value is -0.440. The Kier molecular flexibility index (Phi) is 12.0. The highest BCUT2D eigenvalue weighted by Gasteiger charge is 2.27. The average molecular weight is 284 g/mol. The molecule has 3 nitrogen and oxygen atoms in total. The fourth-order valence-electron chi connectivity index (χ4n) is 2.84. The molecule has 0 amide bonds. The zero-order valence-corrected chi connectivity index (χ0v) is 14.3. The van der Waals surface area contributed by atoms with Crippen LogP contribution in [0.1, 0.15) is 86.0 Å².